The summed E-state index contributed by atoms with van der Waals surface area (Å²) in [5.41, 5.74) is 8.05. The molecule has 0 spiro atoms. The fourth-order valence-electron chi connectivity index (χ4n) is 2.34. The summed E-state index contributed by atoms with van der Waals surface area (Å²) in [4.78, 5) is 13.2. The minimum absolute atomic E-state index is 0.0826. The number of rotatable bonds is 5. The summed E-state index contributed by atoms with van der Waals surface area (Å²) in [6.45, 7) is 2.00. The maximum atomic E-state index is 12.0. The molecule has 9 heteroatoms. The lowest BCUT2D eigenvalue weighted by atomic mass is 10.1. The highest BCUT2D eigenvalue weighted by Gasteiger charge is 2.09. The molecule has 1 amide bonds. The van der Waals surface area contributed by atoms with Crippen LogP contribution in [-0.4, -0.2) is 31.2 Å². The maximum Gasteiger partial charge on any atom is 0.262 e. The molecule has 3 N–H and O–H groups in total. The summed E-state index contributed by atoms with van der Waals surface area (Å²) < 4.78 is 0. The highest BCUT2D eigenvalue weighted by molar-refractivity contribution is 7.80. The van der Waals surface area contributed by atoms with Crippen molar-refractivity contribution in [3.05, 3.63) is 60.2 Å². The zero-order chi connectivity index (χ0) is 19.1. The van der Waals surface area contributed by atoms with Crippen LogP contribution in [0.4, 0.5) is 5.69 Å². The molecular weight excluding hydrogens is 362 g/mol. The van der Waals surface area contributed by atoms with Gasteiger partial charge in [-0.25, -0.2) is 0 Å². The Hall–Kier alpha value is -3.33. The summed E-state index contributed by atoms with van der Waals surface area (Å²) >= 11 is 5.18. The molecule has 0 aliphatic rings. The molecule has 0 atom stereocenters. The molecule has 0 aliphatic carbocycles. The minimum Gasteiger partial charge on any atom is -0.331 e. The summed E-state index contributed by atoms with van der Waals surface area (Å²) in [7, 11) is 0. The van der Waals surface area contributed by atoms with Crippen molar-refractivity contribution < 1.29 is 4.79 Å². The molecule has 0 saturated heterocycles. The third-order valence-corrected chi connectivity index (χ3v) is 3.88. The number of aryl methyl sites for hydroxylation is 1. The van der Waals surface area contributed by atoms with Crippen molar-refractivity contribution in [3.63, 3.8) is 0 Å². The van der Waals surface area contributed by atoms with Crippen LogP contribution in [0.25, 0.3) is 11.4 Å². The van der Waals surface area contributed by atoms with E-state index in [1.807, 2.05) is 54.6 Å². The molecule has 0 aliphatic heterocycles. The highest BCUT2D eigenvalue weighted by atomic mass is 32.1. The number of hydrazine groups is 1. The van der Waals surface area contributed by atoms with Crippen LogP contribution in [0.5, 0.6) is 0 Å². The van der Waals surface area contributed by atoms with Crippen LogP contribution in [0.2, 0.25) is 0 Å². The molecule has 3 rings (SSSR count). The van der Waals surface area contributed by atoms with Gasteiger partial charge in [-0.2, -0.15) is 4.80 Å². The Labute approximate surface area is 161 Å². The van der Waals surface area contributed by atoms with E-state index in [-0.39, 0.29) is 17.6 Å². The van der Waals surface area contributed by atoms with E-state index in [9.17, 15) is 4.79 Å². The number of nitrogens with zero attached hydrogens (tertiary/aromatic N) is 4. The van der Waals surface area contributed by atoms with Crippen LogP contribution < -0.4 is 16.2 Å². The molecule has 8 nitrogen and oxygen atoms in total. The Morgan fingerprint density at radius 3 is 2.70 bits per heavy atom. The molecule has 0 unspecified atom stereocenters. The van der Waals surface area contributed by atoms with Gasteiger partial charge >= 0.3 is 0 Å². The van der Waals surface area contributed by atoms with Crippen LogP contribution in [0.3, 0.4) is 0 Å². The largest absolute Gasteiger partial charge is 0.331 e. The second kappa shape index (κ2) is 8.86. The molecule has 0 radical (unpaired) electrons. The molecule has 138 valence electrons. The molecule has 2 aromatic carbocycles. The zero-order valence-corrected chi connectivity index (χ0v) is 15.5. The first kappa shape index (κ1) is 18.5. The van der Waals surface area contributed by atoms with Gasteiger partial charge in [0.25, 0.3) is 5.91 Å². The average Bonchev–Trinajstić information content (AvgIpc) is 3.15. The number of carbonyl (C=O) groups is 1. The van der Waals surface area contributed by atoms with Gasteiger partial charge in [-0.15, -0.1) is 10.2 Å². The van der Waals surface area contributed by atoms with Crippen molar-refractivity contribution in [1.29, 1.82) is 0 Å². The normalized spacial score (nSPS) is 10.3. The first-order valence-electron chi connectivity index (χ1n) is 8.42. The molecule has 1 aromatic heterocycles. The van der Waals surface area contributed by atoms with Crippen LogP contribution in [0.1, 0.15) is 12.5 Å². The number of nitrogens with one attached hydrogen (secondary N) is 3. The van der Waals surface area contributed by atoms with E-state index in [1.54, 1.807) is 0 Å². The standard InChI is InChI=1S/C18H19N7OS/c1-2-13-7-6-10-15(11-13)19-18(27)22-20-16(26)12-25-23-17(21-24-25)14-8-4-3-5-9-14/h3-11H,2,12H2,1H3,(H,20,26)(H2,19,22,27). The van der Waals surface area contributed by atoms with E-state index in [4.69, 9.17) is 12.2 Å². The van der Waals surface area contributed by atoms with Gasteiger partial charge in [-0.05, 0) is 41.5 Å². The van der Waals surface area contributed by atoms with Gasteiger partial charge in [0.1, 0.15) is 6.54 Å². The fourth-order valence-corrected chi connectivity index (χ4v) is 2.51. The van der Waals surface area contributed by atoms with Gasteiger partial charge in [0.2, 0.25) is 5.82 Å². The number of hydrogen-bond donors (Lipinski definition) is 3. The molecule has 0 fully saturated rings. The monoisotopic (exact) mass is 381 g/mol. The van der Waals surface area contributed by atoms with Crippen molar-refractivity contribution in [3.8, 4) is 11.4 Å². The van der Waals surface area contributed by atoms with Gasteiger partial charge in [0.05, 0.1) is 0 Å². The molecule has 1 heterocycles. The van der Waals surface area contributed by atoms with Crippen LogP contribution >= 0.6 is 12.2 Å². The summed E-state index contributed by atoms with van der Waals surface area (Å²) in [5, 5.41) is 15.3. The van der Waals surface area contributed by atoms with Gasteiger partial charge in [0.15, 0.2) is 5.11 Å². The maximum absolute atomic E-state index is 12.0. The van der Waals surface area contributed by atoms with Gasteiger partial charge in [-0.1, -0.05) is 49.4 Å². The number of tetrazole rings is 1. The number of amides is 1. The van der Waals surface area contributed by atoms with Crippen molar-refractivity contribution >= 4 is 28.9 Å². The Bertz CT molecular complexity index is 926. The van der Waals surface area contributed by atoms with Crippen molar-refractivity contribution in [1.82, 2.24) is 31.1 Å². The third-order valence-electron chi connectivity index (χ3n) is 3.68. The lowest BCUT2D eigenvalue weighted by Gasteiger charge is -2.12. The molecule has 0 bridgehead atoms. The number of benzene rings is 2. The lowest BCUT2D eigenvalue weighted by molar-refractivity contribution is -0.122. The van der Waals surface area contributed by atoms with E-state index in [1.165, 1.54) is 10.4 Å². The first-order chi connectivity index (χ1) is 13.1. The predicted octanol–water partition coefficient (Wildman–Crippen LogP) is 1.92. The summed E-state index contributed by atoms with van der Waals surface area (Å²) in [6.07, 6.45) is 0.933. The Morgan fingerprint density at radius 1 is 1.11 bits per heavy atom. The Balaban J connectivity index is 1.48. The number of thiocarbonyl (C=S) groups is 1. The molecule has 27 heavy (non-hydrogen) atoms. The second-order valence-electron chi connectivity index (χ2n) is 5.69. The number of carbonyl (C=O) groups excluding carboxylic acids is 1. The van der Waals surface area contributed by atoms with Gasteiger partial charge < -0.3 is 5.32 Å². The van der Waals surface area contributed by atoms with E-state index in [0.29, 0.717) is 5.82 Å². The SMILES string of the molecule is CCc1cccc(NC(=S)NNC(=O)Cn2nnc(-c3ccccc3)n2)c1. The van der Waals surface area contributed by atoms with Crippen molar-refractivity contribution in [2.75, 3.05) is 5.32 Å². The summed E-state index contributed by atoms with van der Waals surface area (Å²) in [6, 6.07) is 17.3. The molecule has 3 aromatic rings. The predicted molar refractivity (Wildman–Crippen MR) is 107 cm³/mol. The summed E-state index contributed by atoms with van der Waals surface area (Å²) in [5.74, 6) is 0.114. The average molecular weight is 381 g/mol. The molecular formula is C18H19N7OS. The van der Waals surface area contributed by atoms with Crippen molar-refractivity contribution in [2.24, 2.45) is 0 Å². The number of aromatic nitrogens is 4. The van der Waals surface area contributed by atoms with Crippen LogP contribution in [-0.2, 0) is 17.8 Å². The van der Waals surface area contributed by atoms with E-state index in [2.05, 4.69) is 38.5 Å². The van der Waals surface area contributed by atoms with Crippen LogP contribution in [0, 0.1) is 0 Å². The second-order valence-corrected chi connectivity index (χ2v) is 6.10. The Morgan fingerprint density at radius 2 is 1.93 bits per heavy atom. The molecule has 0 saturated carbocycles. The highest BCUT2D eigenvalue weighted by Crippen LogP contribution is 2.12. The Kier molecular flexibility index (Phi) is 6.06. The lowest BCUT2D eigenvalue weighted by Crippen LogP contribution is -2.45. The zero-order valence-electron chi connectivity index (χ0n) is 14.7. The first-order valence-corrected chi connectivity index (χ1v) is 8.83. The third kappa shape index (κ3) is 5.32. The smallest absolute Gasteiger partial charge is 0.262 e. The van der Waals surface area contributed by atoms with E-state index in [0.717, 1.165) is 17.7 Å². The number of hydrogen-bond acceptors (Lipinski definition) is 5. The number of anilines is 1. The van der Waals surface area contributed by atoms with Crippen molar-refractivity contribution in [2.45, 2.75) is 19.9 Å². The topological polar surface area (TPSA) is 96.8 Å². The quantitative estimate of drug-likeness (QED) is 0.459. The van der Waals surface area contributed by atoms with Crippen LogP contribution in [0.15, 0.2) is 54.6 Å². The fraction of sp³-hybridized carbons (Fsp3) is 0.167. The van der Waals surface area contributed by atoms with E-state index >= 15 is 0 Å². The van der Waals surface area contributed by atoms with E-state index < -0.39 is 0 Å². The van der Waals surface area contributed by atoms with Gasteiger partial charge in [-0.3, -0.25) is 15.6 Å². The van der Waals surface area contributed by atoms with Gasteiger partial charge in [0, 0.05) is 11.3 Å². The minimum atomic E-state index is -0.349.